The van der Waals surface area contributed by atoms with Gasteiger partial charge in [0, 0.05) is 39.8 Å². The lowest BCUT2D eigenvalue weighted by molar-refractivity contribution is -0.0614. The first kappa shape index (κ1) is 15.1. The first-order valence-electron chi connectivity index (χ1n) is 8.45. The normalized spacial score (nSPS) is 31.5. The van der Waals surface area contributed by atoms with Crippen molar-refractivity contribution < 1.29 is 14.3 Å². The summed E-state index contributed by atoms with van der Waals surface area (Å²) in [7, 11) is 1.85. The molecule has 0 saturated carbocycles. The zero-order valence-corrected chi connectivity index (χ0v) is 13.6. The third kappa shape index (κ3) is 2.88. The van der Waals surface area contributed by atoms with Crippen molar-refractivity contribution in [3.63, 3.8) is 0 Å². The average Bonchev–Trinajstić information content (AvgIpc) is 3.26. The van der Waals surface area contributed by atoms with Crippen LogP contribution in [0, 0.1) is 0 Å². The molecule has 0 spiro atoms. The first-order chi connectivity index (χ1) is 11.2. The van der Waals surface area contributed by atoms with E-state index in [9.17, 15) is 4.79 Å². The molecule has 3 aliphatic heterocycles. The molecule has 0 unspecified atom stereocenters. The third-order valence-corrected chi connectivity index (χ3v) is 5.20. The Kier molecular flexibility index (Phi) is 4.09. The molecule has 23 heavy (non-hydrogen) atoms. The van der Waals surface area contributed by atoms with Gasteiger partial charge in [0.15, 0.2) is 0 Å². The lowest BCUT2D eigenvalue weighted by Crippen LogP contribution is -2.52. The van der Waals surface area contributed by atoms with E-state index in [1.807, 2.05) is 11.9 Å². The molecule has 126 valence electrons. The van der Waals surface area contributed by atoms with Gasteiger partial charge in [-0.25, -0.2) is 4.98 Å². The number of ether oxygens (including phenoxy) is 2. The molecule has 1 aromatic rings. The molecule has 3 aliphatic rings. The predicted molar refractivity (Wildman–Crippen MR) is 83.2 cm³/mol. The SMILES string of the molecule is Cn1cncc1C(=O)N1C[C@@H]2OCCN(C[C@@H]3CCCO3)[C@@H]2C1. The van der Waals surface area contributed by atoms with Gasteiger partial charge >= 0.3 is 0 Å². The Labute approximate surface area is 136 Å². The summed E-state index contributed by atoms with van der Waals surface area (Å²) < 4.78 is 13.5. The van der Waals surface area contributed by atoms with Crippen LogP contribution in [0.3, 0.4) is 0 Å². The second-order valence-electron chi connectivity index (χ2n) is 6.71. The minimum absolute atomic E-state index is 0.0417. The Morgan fingerprint density at radius 2 is 2.26 bits per heavy atom. The number of morpholine rings is 1. The number of likely N-dealkylation sites (tertiary alicyclic amines) is 1. The van der Waals surface area contributed by atoms with Crippen LogP contribution in [-0.2, 0) is 16.5 Å². The van der Waals surface area contributed by atoms with Gasteiger partial charge in [0.2, 0.25) is 0 Å². The second kappa shape index (κ2) is 6.22. The lowest BCUT2D eigenvalue weighted by atomic mass is 10.1. The summed E-state index contributed by atoms with van der Waals surface area (Å²) in [6, 6.07) is 0.283. The Balaban J connectivity index is 1.44. The van der Waals surface area contributed by atoms with Gasteiger partial charge in [0.25, 0.3) is 5.91 Å². The van der Waals surface area contributed by atoms with Crippen LogP contribution in [0.2, 0.25) is 0 Å². The molecule has 3 saturated heterocycles. The Morgan fingerprint density at radius 3 is 3.00 bits per heavy atom. The highest BCUT2D eigenvalue weighted by Crippen LogP contribution is 2.26. The maximum Gasteiger partial charge on any atom is 0.272 e. The van der Waals surface area contributed by atoms with Gasteiger partial charge in [-0.2, -0.15) is 0 Å². The molecule has 4 rings (SSSR count). The van der Waals surface area contributed by atoms with E-state index in [1.165, 1.54) is 0 Å². The van der Waals surface area contributed by atoms with Crippen LogP contribution in [0.25, 0.3) is 0 Å². The smallest absolute Gasteiger partial charge is 0.272 e. The van der Waals surface area contributed by atoms with Crippen molar-refractivity contribution in [1.29, 1.82) is 0 Å². The van der Waals surface area contributed by atoms with Gasteiger partial charge in [-0.3, -0.25) is 9.69 Å². The zero-order valence-electron chi connectivity index (χ0n) is 13.6. The number of rotatable bonds is 3. The molecule has 0 N–H and O–H groups in total. The third-order valence-electron chi connectivity index (χ3n) is 5.20. The van der Waals surface area contributed by atoms with E-state index in [2.05, 4.69) is 9.88 Å². The Morgan fingerprint density at radius 1 is 1.35 bits per heavy atom. The molecule has 3 atom stereocenters. The van der Waals surface area contributed by atoms with E-state index in [1.54, 1.807) is 17.1 Å². The molecule has 0 aliphatic carbocycles. The second-order valence-corrected chi connectivity index (χ2v) is 6.71. The Bertz CT molecular complexity index is 569. The number of nitrogens with zero attached hydrogens (tertiary/aromatic N) is 4. The molecule has 3 fully saturated rings. The van der Waals surface area contributed by atoms with Crippen LogP contribution in [0.15, 0.2) is 12.5 Å². The van der Waals surface area contributed by atoms with Crippen LogP contribution < -0.4 is 0 Å². The van der Waals surface area contributed by atoms with E-state index >= 15 is 0 Å². The number of amides is 1. The van der Waals surface area contributed by atoms with Crippen LogP contribution >= 0.6 is 0 Å². The topological polar surface area (TPSA) is 59.8 Å². The summed E-state index contributed by atoms with van der Waals surface area (Å²) in [5.41, 5.74) is 0.634. The van der Waals surface area contributed by atoms with Gasteiger partial charge < -0.3 is 18.9 Å². The van der Waals surface area contributed by atoms with E-state index in [4.69, 9.17) is 9.47 Å². The van der Waals surface area contributed by atoms with Crippen molar-refractivity contribution in [2.24, 2.45) is 7.05 Å². The predicted octanol–water partition coefficient (Wildman–Crippen LogP) is 0.124. The summed E-state index contributed by atoms with van der Waals surface area (Å²) in [5.74, 6) is 0.0417. The van der Waals surface area contributed by atoms with Gasteiger partial charge in [0.05, 0.1) is 37.4 Å². The highest BCUT2D eigenvalue weighted by Gasteiger charge is 2.43. The summed E-state index contributed by atoms with van der Waals surface area (Å²) in [6.07, 6.45) is 6.06. The first-order valence-corrected chi connectivity index (χ1v) is 8.45. The average molecular weight is 320 g/mol. The number of hydrogen-bond donors (Lipinski definition) is 0. The molecule has 7 nitrogen and oxygen atoms in total. The number of carbonyl (C=O) groups is 1. The standard InChI is InChI=1S/C16H24N4O3/c1-18-11-17-7-13(18)16(21)20-9-14-15(10-20)23-6-4-19(14)8-12-3-2-5-22-12/h7,11-12,14-15H,2-6,8-10H2,1H3/t12-,14+,15-/m0/s1. The molecule has 0 radical (unpaired) electrons. The van der Waals surface area contributed by atoms with E-state index in [-0.39, 0.29) is 18.1 Å². The highest BCUT2D eigenvalue weighted by molar-refractivity contribution is 5.92. The molecular weight excluding hydrogens is 296 g/mol. The van der Waals surface area contributed by atoms with Crippen molar-refractivity contribution >= 4 is 5.91 Å². The molecule has 1 aromatic heterocycles. The van der Waals surface area contributed by atoms with E-state index in [0.717, 1.165) is 45.7 Å². The van der Waals surface area contributed by atoms with E-state index in [0.29, 0.717) is 18.3 Å². The molecule has 7 heteroatoms. The zero-order chi connectivity index (χ0) is 15.8. The minimum Gasteiger partial charge on any atom is -0.377 e. The quantitative estimate of drug-likeness (QED) is 0.792. The fraction of sp³-hybridized carbons (Fsp3) is 0.750. The number of aryl methyl sites for hydroxylation is 1. The molecule has 0 aromatic carbocycles. The molecule has 0 bridgehead atoms. The van der Waals surface area contributed by atoms with Crippen molar-refractivity contribution in [2.75, 3.05) is 39.4 Å². The fourth-order valence-corrected chi connectivity index (χ4v) is 3.93. The van der Waals surface area contributed by atoms with Crippen LogP contribution in [-0.4, -0.2) is 82.9 Å². The number of fused-ring (bicyclic) bond motifs is 1. The monoisotopic (exact) mass is 320 g/mol. The summed E-state index contributed by atoms with van der Waals surface area (Å²) in [4.78, 5) is 21.1. The van der Waals surface area contributed by atoms with Crippen molar-refractivity contribution in [3.8, 4) is 0 Å². The Hall–Kier alpha value is -1.44. The number of hydrogen-bond acceptors (Lipinski definition) is 5. The summed E-state index contributed by atoms with van der Waals surface area (Å²) in [5, 5.41) is 0. The van der Waals surface area contributed by atoms with Crippen molar-refractivity contribution in [1.82, 2.24) is 19.4 Å². The van der Waals surface area contributed by atoms with E-state index < -0.39 is 0 Å². The number of imidazole rings is 1. The maximum absolute atomic E-state index is 12.7. The van der Waals surface area contributed by atoms with Gasteiger partial charge in [-0.1, -0.05) is 0 Å². The van der Waals surface area contributed by atoms with Gasteiger partial charge in [-0.05, 0) is 12.8 Å². The van der Waals surface area contributed by atoms with Gasteiger partial charge in [0.1, 0.15) is 5.69 Å². The molecule has 1 amide bonds. The molecular formula is C16H24N4O3. The number of aromatic nitrogens is 2. The summed E-state index contributed by atoms with van der Waals surface area (Å²) in [6.45, 7) is 4.89. The minimum atomic E-state index is 0.0417. The highest BCUT2D eigenvalue weighted by atomic mass is 16.5. The lowest BCUT2D eigenvalue weighted by Gasteiger charge is -2.37. The number of carbonyl (C=O) groups excluding carboxylic acids is 1. The van der Waals surface area contributed by atoms with Gasteiger partial charge in [-0.15, -0.1) is 0 Å². The maximum atomic E-state index is 12.7. The largest absolute Gasteiger partial charge is 0.377 e. The molecule has 4 heterocycles. The van der Waals surface area contributed by atoms with Crippen molar-refractivity contribution in [3.05, 3.63) is 18.2 Å². The van der Waals surface area contributed by atoms with Crippen molar-refractivity contribution in [2.45, 2.75) is 31.1 Å². The van der Waals surface area contributed by atoms with Crippen LogP contribution in [0.5, 0.6) is 0 Å². The summed E-state index contributed by atoms with van der Waals surface area (Å²) >= 11 is 0. The van der Waals surface area contributed by atoms with Crippen LogP contribution in [0.1, 0.15) is 23.3 Å². The fourth-order valence-electron chi connectivity index (χ4n) is 3.93. The van der Waals surface area contributed by atoms with Crippen LogP contribution in [0.4, 0.5) is 0 Å².